The Morgan fingerprint density at radius 3 is 2.84 bits per heavy atom. The van der Waals surface area contributed by atoms with E-state index >= 15 is 0 Å². The van der Waals surface area contributed by atoms with Crippen molar-refractivity contribution in [2.75, 3.05) is 6.54 Å². The normalized spacial score (nSPS) is 11.1. The molecule has 1 N–H and O–H groups in total. The summed E-state index contributed by atoms with van der Waals surface area (Å²) >= 11 is 0. The molecule has 0 atom stereocenters. The van der Waals surface area contributed by atoms with Crippen molar-refractivity contribution in [2.45, 2.75) is 46.7 Å². The molecule has 6 heteroatoms. The van der Waals surface area contributed by atoms with Crippen molar-refractivity contribution < 1.29 is 4.79 Å². The van der Waals surface area contributed by atoms with Crippen LogP contribution in [0.2, 0.25) is 0 Å². The zero-order valence-electron chi connectivity index (χ0n) is 11.8. The lowest BCUT2D eigenvalue weighted by atomic mass is 10.3. The molecule has 2 heterocycles. The molecule has 6 nitrogen and oxygen atoms in total. The highest BCUT2D eigenvalue weighted by Gasteiger charge is 2.13. The predicted molar refractivity (Wildman–Crippen MR) is 73.8 cm³/mol. The number of hydrogen-bond acceptors (Lipinski definition) is 3. The predicted octanol–water partition coefficient (Wildman–Crippen LogP) is 1.48. The van der Waals surface area contributed by atoms with E-state index in [1.807, 2.05) is 29.4 Å². The summed E-state index contributed by atoms with van der Waals surface area (Å²) in [4.78, 5) is 11.6. The van der Waals surface area contributed by atoms with Crippen LogP contribution in [-0.2, 0) is 17.9 Å². The summed E-state index contributed by atoms with van der Waals surface area (Å²) in [5.41, 5.74) is 3.03. The Balaban J connectivity index is 2.09. The highest BCUT2D eigenvalue weighted by Crippen LogP contribution is 2.17. The third-order valence-electron chi connectivity index (χ3n) is 3.13. The first-order valence-electron chi connectivity index (χ1n) is 6.83. The molecule has 0 fully saturated rings. The van der Waals surface area contributed by atoms with Gasteiger partial charge >= 0.3 is 0 Å². The van der Waals surface area contributed by atoms with E-state index in [4.69, 9.17) is 0 Å². The van der Waals surface area contributed by atoms with Crippen LogP contribution >= 0.6 is 0 Å². The first-order chi connectivity index (χ1) is 9.17. The minimum atomic E-state index is 0.0750. The van der Waals surface area contributed by atoms with Gasteiger partial charge in [0.25, 0.3) is 0 Å². The maximum atomic E-state index is 11.6. The number of aryl methyl sites for hydroxylation is 3. The number of rotatable bonds is 6. The van der Waals surface area contributed by atoms with Gasteiger partial charge in [0, 0.05) is 19.5 Å². The molecule has 19 heavy (non-hydrogen) atoms. The molecule has 2 aromatic heterocycles. The summed E-state index contributed by atoms with van der Waals surface area (Å²) in [7, 11) is 0. The molecule has 104 valence electrons. The standard InChI is InChI=1S/C13H21N5O/c1-4-7-14-12(19)6-8-18-13-10(3)16-17(5-2)11(13)9-15-18/h9H,4-8H2,1-3H3,(H,14,19). The summed E-state index contributed by atoms with van der Waals surface area (Å²) in [6.07, 6.45) is 3.23. The van der Waals surface area contributed by atoms with Crippen molar-refractivity contribution in [3.63, 3.8) is 0 Å². The van der Waals surface area contributed by atoms with Crippen molar-refractivity contribution in [1.82, 2.24) is 24.9 Å². The van der Waals surface area contributed by atoms with E-state index in [9.17, 15) is 4.79 Å². The van der Waals surface area contributed by atoms with Crippen LogP contribution in [0, 0.1) is 6.92 Å². The van der Waals surface area contributed by atoms with E-state index < -0.39 is 0 Å². The van der Waals surface area contributed by atoms with Crippen molar-refractivity contribution in [3.05, 3.63) is 11.9 Å². The molecule has 0 saturated carbocycles. The summed E-state index contributed by atoms with van der Waals surface area (Å²) in [6.45, 7) is 8.23. The second kappa shape index (κ2) is 5.86. The Morgan fingerprint density at radius 1 is 1.37 bits per heavy atom. The van der Waals surface area contributed by atoms with E-state index in [1.165, 1.54) is 0 Å². The SMILES string of the molecule is CCCNC(=O)CCn1ncc2c1c(C)nn2CC. The van der Waals surface area contributed by atoms with Gasteiger partial charge in [0.1, 0.15) is 11.0 Å². The lowest BCUT2D eigenvalue weighted by molar-refractivity contribution is -0.121. The minimum absolute atomic E-state index is 0.0750. The van der Waals surface area contributed by atoms with Crippen molar-refractivity contribution in [1.29, 1.82) is 0 Å². The molecule has 0 bridgehead atoms. The smallest absolute Gasteiger partial charge is 0.221 e. The van der Waals surface area contributed by atoms with Gasteiger partial charge in [0.15, 0.2) is 0 Å². The molecular formula is C13H21N5O. The highest BCUT2D eigenvalue weighted by atomic mass is 16.1. The number of carbonyl (C=O) groups excluding carboxylic acids is 1. The molecule has 0 spiro atoms. The van der Waals surface area contributed by atoms with Gasteiger partial charge in [-0.05, 0) is 20.3 Å². The number of nitrogens with zero attached hydrogens (tertiary/aromatic N) is 4. The monoisotopic (exact) mass is 263 g/mol. The fourth-order valence-electron chi connectivity index (χ4n) is 2.19. The number of carbonyl (C=O) groups is 1. The number of aromatic nitrogens is 4. The molecular weight excluding hydrogens is 242 g/mol. The van der Waals surface area contributed by atoms with Gasteiger partial charge < -0.3 is 5.32 Å². The molecule has 0 aliphatic rings. The second-order valence-corrected chi connectivity index (χ2v) is 4.60. The van der Waals surface area contributed by atoms with Gasteiger partial charge in [0.05, 0.1) is 18.4 Å². The second-order valence-electron chi connectivity index (χ2n) is 4.60. The van der Waals surface area contributed by atoms with Crippen LogP contribution in [0.1, 0.15) is 32.4 Å². The lowest BCUT2D eigenvalue weighted by Crippen LogP contribution is -2.25. The molecule has 1 amide bonds. The van der Waals surface area contributed by atoms with Crippen LogP contribution in [0.25, 0.3) is 11.0 Å². The fourth-order valence-corrected chi connectivity index (χ4v) is 2.19. The first kappa shape index (κ1) is 13.6. The van der Waals surface area contributed by atoms with Gasteiger partial charge in [-0.1, -0.05) is 6.92 Å². The average molecular weight is 263 g/mol. The Bertz CT molecular complexity index is 569. The van der Waals surface area contributed by atoms with E-state index in [2.05, 4.69) is 22.4 Å². The highest BCUT2D eigenvalue weighted by molar-refractivity contribution is 5.78. The Kier molecular flexibility index (Phi) is 4.19. The van der Waals surface area contributed by atoms with Gasteiger partial charge in [-0.25, -0.2) is 0 Å². The molecule has 0 radical (unpaired) electrons. The first-order valence-corrected chi connectivity index (χ1v) is 6.83. The number of nitrogens with one attached hydrogen (secondary N) is 1. The van der Waals surface area contributed by atoms with Crippen molar-refractivity contribution in [2.24, 2.45) is 0 Å². The largest absolute Gasteiger partial charge is 0.356 e. The van der Waals surface area contributed by atoms with E-state index in [1.54, 1.807) is 0 Å². The molecule has 0 unspecified atom stereocenters. The van der Waals surface area contributed by atoms with Crippen LogP contribution in [-0.4, -0.2) is 32.0 Å². The third kappa shape index (κ3) is 2.77. The zero-order chi connectivity index (χ0) is 13.8. The quantitative estimate of drug-likeness (QED) is 0.858. The van der Waals surface area contributed by atoms with E-state index in [-0.39, 0.29) is 5.91 Å². The van der Waals surface area contributed by atoms with Crippen LogP contribution in [0.4, 0.5) is 0 Å². The van der Waals surface area contributed by atoms with Gasteiger partial charge in [-0.3, -0.25) is 14.2 Å². The summed E-state index contributed by atoms with van der Waals surface area (Å²) in [5, 5.41) is 11.7. The number of amides is 1. The van der Waals surface area contributed by atoms with Gasteiger partial charge in [-0.2, -0.15) is 10.2 Å². The molecule has 0 aliphatic heterocycles. The summed E-state index contributed by atoms with van der Waals surface area (Å²) in [6, 6.07) is 0. The lowest BCUT2D eigenvalue weighted by Gasteiger charge is -2.04. The summed E-state index contributed by atoms with van der Waals surface area (Å²) < 4.78 is 3.81. The van der Waals surface area contributed by atoms with Crippen LogP contribution in [0.3, 0.4) is 0 Å². The molecule has 0 aliphatic carbocycles. The summed E-state index contributed by atoms with van der Waals surface area (Å²) in [5.74, 6) is 0.0750. The topological polar surface area (TPSA) is 64.7 Å². The van der Waals surface area contributed by atoms with Gasteiger partial charge in [0.2, 0.25) is 5.91 Å². The van der Waals surface area contributed by atoms with E-state index in [0.29, 0.717) is 13.0 Å². The zero-order valence-corrected chi connectivity index (χ0v) is 11.8. The Hall–Kier alpha value is -1.85. The number of hydrogen-bond donors (Lipinski definition) is 1. The van der Waals surface area contributed by atoms with Gasteiger partial charge in [-0.15, -0.1) is 0 Å². The minimum Gasteiger partial charge on any atom is -0.356 e. The Morgan fingerprint density at radius 2 is 2.16 bits per heavy atom. The number of fused-ring (bicyclic) bond motifs is 1. The third-order valence-corrected chi connectivity index (χ3v) is 3.13. The van der Waals surface area contributed by atoms with E-state index in [0.717, 1.165) is 36.2 Å². The molecule has 2 rings (SSSR count). The van der Waals surface area contributed by atoms with Crippen LogP contribution in [0.5, 0.6) is 0 Å². The maximum absolute atomic E-state index is 11.6. The average Bonchev–Trinajstić information content (AvgIpc) is 2.95. The van der Waals surface area contributed by atoms with Crippen molar-refractivity contribution >= 4 is 16.9 Å². The van der Waals surface area contributed by atoms with Crippen LogP contribution in [0.15, 0.2) is 6.20 Å². The maximum Gasteiger partial charge on any atom is 0.221 e. The molecule has 0 aromatic carbocycles. The van der Waals surface area contributed by atoms with Crippen molar-refractivity contribution in [3.8, 4) is 0 Å². The Labute approximate surface area is 112 Å². The van der Waals surface area contributed by atoms with Crippen LogP contribution < -0.4 is 5.32 Å². The fraction of sp³-hybridized carbons (Fsp3) is 0.615. The molecule has 0 saturated heterocycles. The molecule has 2 aromatic rings.